The van der Waals surface area contributed by atoms with Gasteiger partial charge < -0.3 is 14.8 Å². The highest BCUT2D eigenvalue weighted by atomic mass is 79.9. The second-order valence-electron chi connectivity index (χ2n) is 3.70. The fourth-order valence-corrected chi connectivity index (χ4v) is 2.25. The Morgan fingerprint density at radius 1 is 1.18 bits per heavy atom. The van der Waals surface area contributed by atoms with E-state index in [1.165, 1.54) is 0 Å². The second-order valence-corrected chi connectivity index (χ2v) is 4.62. The zero-order chi connectivity index (χ0) is 11.8. The largest absolute Gasteiger partial charge is 0.494 e. The smallest absolute Gasteiger partial charge is 0.155 e. The van der Waals surface area contributed by atoms with Crippen molar-refractivity contribution >= 4 is 27.3 Å². The van der Waals surface area contributed by atoms with E-state index in [1.807, 2.05) is 36.4 Å². The van der Waals surface area contributed by atoms with Gasteiger partial charge in [-0.1, -0.05) is 28.1 Å². The van der Waals surface area contributed by atoms with Crippen molar-refractivity contribution in [2.45, 2.75) is 0 Å². The van der Waals surface area contributed by atoms with Crippen LogP contribution in [0.3, 0.4) is 0 Å². The monoisotopic (exact) mass is 291 g/mol. The molecule has 2 aromatic carbocycles. The first-order chi connectivity index (χ1) is 8.28. The standard InChI is InChI=1S/C13H10BrNO2/c1-16-11-6-8(14)7-12-13(11)15-9-4-2-3-5-10(9)17-12/h2-7,15H,1H3. The van der Waals surface area contributed by atoms with Crippen LogP contribution in [0, 0.1) is 0 Å². The Balaban J connectivity index is 2.14. The van der Waals surface area contributed by atoms with Crippen molar-refractivity contribution in [3.63, 3.8) is 0 Å². The molecule has 0 spiro atoms. The second kappa shape index (κ2) is 3.96. The van der Waals surface area contributed by atoms with Gasteiger partial charge in [0, 0.05) is 4.47 Å². The number of anilines is 2. The first-order valence-corrected chi connectivity index (χ1v) is 5.98. The van der Waals surface area contributed by atoms with Gasteiger partial charge in [-0.2, -0.15) is 0 Å². The van der Waals surface area contributed by atoms with Crippen LogP contribution in [0.25, 0.3) is 0 Å². The van der Waals surface area contributed by atoms with Crippen molar-refractivity contribution in [3.05, 3.63) is 40.9 Å². The summed E-state index contributed by atoms with van der Waals surface area (Å²) in [6.07, 6.45) is 0. The maximum atomic E-state index is 5.83. The zero-order valence-corrected chi connectivity index (χ0v) is 10.7. The molecule has 86 valence electrons. The maximum Gasteiger partial charge on any atom is 0.155 e. The third-order valence-electron chi connectivity index (χ3n) is 2.62. The van der Waals surface area contributed by atoms with Crippen LogP contribution in [0.5, 0.6) is 17.2 Å². The van der Waals surface area contributed by atoms with E-state index in [4.69, 9.17) is 9.47 Å². The lowest BCUT2D eigenvalue weighted by Crippen LogP contribution is -2.04. The highest BCUT2D eigenvalue weighted by Crippen LogP contribution is 2.47. The minimum atomic E-state index is 0.754. The number of nitrogens with one attached hydrogen (secondary N) is 1. The molecule has 2 aromatic rings. The van der Waals surface area contributed by atoms with Gasteiger partial charge >= 0.3 is 0 Å². The Hall–Kier alpha value is -1.68. The molecule has 1 aliphatic rings. The molecule has 0 fully saturated rings. The molecule has 0 saturated heterocycles. The third-order valence-corrected chi connectivity index (χ3v) is 3.08. The van der Waals surface area contributed by atoms with Gasteiger partial charge in [0.05, 0.1) is 12.8 Å². The highest BCUT2D eigenvalue weighted by Gasteiger charge is 2.20. The molecule has 3 nitrogen and oxygen atoms in total. The fourth-order valence-electron chi connectivity index (χ4n) is 1.83. The topological polar surface area (TPSA) is 30.5 Å². The van der Waals surface area contributed by atoms with Crippen molar-refractivity contribution in [2.24, 2.45) is 0 Å². The van der Waals surface area contributed by atoms with Crippen molar-refractivity contribution in [2.75, 3.05) is 12.4 Å². The van der Waals surface area contributed by atoms with E-state index >= 15 is 0 Å². The summed E-state index contributed by atoms with van der Waals surface area (Å²) in [7, 11) is 1.64. The van der Waals surface area contributed by atoms with Gasteiger partial charge in [0.2, 0.25) is 0 Å². The van der Waals surface area contributed by atoms with E-state index in [2.05, 4.69) is 21.2 Å². The van der Waals surface area contributed by atoms with Crippen LogP contribution in [-0.4, -0.2) is 7.11 Å². The summed E-state index contributed by atoms with van der Waals surface area (Å²) in [6.45, 7) is 0. The first-order valence-electron chi connectivity index (χ1n) is 5.19. The number of rotatable bonds is 1. The van der Waals surface area contributed by atoms with Gasteiger partial charge in [-0.05, 0) is 24.3 Å². The molecule has 1 heterocycles. The summed E-state index contributed by atoms with van der Waals surface area (Å²) in [5.41, 5.74) is 1.80. The minimum absolute atomic E-state index is 0.754. The molecule has 0 atom stereocenters. The van der Waals surface area contributed by atoms with Gasteiger partial charge in [-0.15, -0.1) is 0 Å². The molecule has 17 heavy (non-hydrogen) atoms. The molecule has 0 radical (unpaired) electrons. The molecule has 0 amide bonds. The molecule has 0 aliphatic carbocycles. The van der Waals surface area contributed by atoms with Crippen LogP contribution in [0.1, 0.15) is 0 Å². The van der Waals surface area contributed by atoms with E-state index in [1.54, 1.807) is 7.11 Å². The fraction of sp³-hybridized carbons (Fsp3) is 0.0769. The number of fused-ring (bicyclic) bond motifs is 2. The lowest BCUT2D eigenvalue weighted by Gasteiger charge is -2.23. The third kappa shape index (κ3) is 1.74. The molecular weight excluding hydrogens is 282 g/mol. The van der Waals surface area contributed by atoms with E-state index in [-0.39, 0.29) is 0 Å². The van der Waals surface area contributed by atoms with Crippen LogP contribution in [0.2, 0.25) is 0 Å². The predicted molar refractivity (Wildman–Crippen MR) is 70.5 cm³/mol. The summed E-state index contributed by atoms with van der Waals surface area (Å²) >= 11 is 3.43. The molecule has 3 rings (SSSR count). The lowest BCUT2D eigenvalue weighted by molar-refractivity contribution is 0.410. The summed E-state index contributed by atoms with van der Waals surface area (Å²) < 4.78 is 12.1. The van der Waals surface area contributed by atoms with E-state index in [9.17, 15) is 0 Å². The summed E-state index contributed by atoms with van der Waals surface area (Å²) in [5, 5.41) is 3.32. The molecular formula is C13H10BrNO2. The summed E-state index contributed by atoms with van der Waals surface area (Å²) in [5.74, 6) is 2.33. The Kier molecular flexibility index (Phi) is 2.44. The lowest BCUT2D eigenvalue weighted by atomic mass is 10.2. The molecule has 1 N–H and O–H groups in total. The Bertz CT molecular complexity index is 584. The number of halogens is 1. The summed E-state index contributed by atoms with van der Waals surface area (Å²) in [4.78, 5) is 0. The number of hydrogen-bond donors (Lipinski definition) is 1. The van der Waals surface area contributed by atoms with Gasteiger partial charge in [-0.25, -0.2) is 0 Å². The number of para-hydroxylation sites is 2. The predicted octanol–water partition coefficient (Wildman–Crippen LogP) is 4.31. The SMILES string of the molecule is COc1cc(Br)cc2c1Nc1ccccc1O2. The molecule has 0 bridgehead atoms. The van der Waals surface area contributed by atoms with Crippen LogP contribution in [-0.2, 0) is 0 Å². The van der Waals surface area contributed by atoms with E-state index < -0.39 is 0 Å². The first kappa shape index (κ1) is 10.5. The van der Waals surface area contributed by atoms with E-state index in [0.717, 1.165) is 33.1 Å². The number of methoxy groups -OCH3 is 1. The average molecular weight is 292 g/mol. The van der Waals surface area contributed by atoms with Gasteiger partial charge in [0.15, 0.2) is 11.5 Å². The maximum absolute atomic E-state index is 5.83. The van der Waals surface area contributed by atoms with Gasteiger partial charge in [0.25, 0.3) is 0 Å². The van der Waals surface area contributed by atoms with Gasteiger partial charge in [0.1, 0.15) is 11.4 Å². The molecule has 0 aromatic heterocycles. The molecule has 4 heteroatoms. The zero-order valence-electron chi connectivity index (χ0n) is 9.16. The normalized spacial score (nSPS) is 11.9. The van der Waals surface area contributed by atoms with Crippen LogP contribution >= 0.6 is 15.9 Å². The van der Waals surface area contributed by atoms with Crippen LogP contribution in [0.15, 0.2) is 40.9 Å². The van der Waals surface area contributed by atoms with Crippen molar-refractivity contribution in [1.82, 2.24) is 0 Å². The molecule has 0 unspecified atom stereocenters. The van der Waals surface area contributed by atoms with Crippen molar-refractivity contribution < 1.29 is 9.47 Å². The van der Waals surface area contributed by atoms with E-state index in [0.29, 0.717) is 0 Å². The molecule has 1 aliphatic heterocycles. The van der Waals surface area contributed by atoms with Crippen LogP contribution < -0.4 is 14.8 Å². The Morgan fingerprint density at radius 2 is 2.00 bits per heavy atom. The number of hydrogen-bond acceptors (Lipinski definition) is 3. The average Bonchev–Trinajstić information content (AvgIpc) is 2.35. The number of ether oxygens (including phenoxy) is 2. The summed E-state index contributed by atoms with van der Waals surface area (Å²) in [6, 6.07) is 11.6. The Morgan fingerprint density at radius 3 is 2.82 bits per heavy atom. The Labute approximate surface area is 107 Å². The van der Waals surface area contributed by atoms with Crippen molar-refractivity contribution in [1.29, 1.82) is 0 Å². The van der Waals surface area contributed by atoms with Gasteiger partial charge in [-0.3, -0.25) is 0 Å². The molecule has 0 saturated carbocycles. The van der Waals surface area contributed by atoms with Crippen molar-refractivity contribution in [3.8, 4) is 17.2 Å². The number of benzene rings is 2. The van der Waals surface area contributed by atoms with Crippen LogP contribution in [0.4, 0.5) is 11.4 Å². The minimum Gasteiger partial charge on any atom is -0.494 e. The quantitative estimate of drug-likeness (QED) is 0.725. The highest BCUT2D eigenvalue weighted by molar-refractivity contribution is 9.10.